The largest absolute Gasteiger partial charge is 0.293 e. The Kier molecular flexibility index (Phi) is 4.88. The lowest BCUT2D eigenvalue weighted by Crippen LogP contribution is -1.93. The van der Waals surface area contributed by atoms with Crippen LogP contribution in [0.15, 0.2) is 11.4 Å². The molecule has 1 aromatic heterocycles. The molecule has 0 atom stereocenters. The van der Waals surface area contributed by atoms with Crippen molar-refractivity contribution in [3.8, 4) is 0 Å². The number of hydrogen-bond acceptors (Lipinski definition) is 2. The van der Waals surface area contributed by atoms with Crippen molar-refractivity contribution >= 4 is 17.1 Å². The molecule has 0 saturated heterocycles. The minimum Gasteiger partial charge on any atom is -0.293 e. The van der Waals surface area contributed by atoms with Crippen LogP contribution in [0, 0.1) is 0 Å². The summed E-state index contributed by atoms with van der Waals surface area (Å²) >= 11 is 1.60. The Bertz CT molecular complexity index is 288. The molecular formula is C12H18OS. The topological polar surface area (TPSA) is 17.1 Å². The summed E-state index contributed by atoms with van der Waals surface area (Å²) in [6, 6.07) is 2.07. The molecule has 0 aromatic carbocycles. The lowest BCUT2D eigenvalue weighted by Gasteiger charge is -1.93. The van der Waals surface area contributed by atoms with Crippen LogP contribution in [0.2, 0.25) is 0 Å². The van der Waals surface area contributed by atoms with Crippen LogP contribution < -0.4 is 0 Å². The van der Waals surface area contributed by atoms with Gasteiger partial charge in [0.15, 0.2) is 5.78 Å². The molecule has 0 amide bonds. The van der Waals surface area contributed by atoms with E-state index in [1.807, 2.05) is 6.92 Å². The van der Waals surface area contributed by atoms with Crippen molar-refractivity contribution in [1.29, 1.82) is 0 Å². The summed E-state index contributed by atoms with van der Waals surface area (Å²) in [5, 5.41) is 2.12. The van der Waals surface area contributed by atoms with Crippen molar-refractivity contribution in [3.05, 3.63) is 21.9 Å². The molecule has 78 valence electrons. The van der Waals surface area contributed by atoms with Crippen molar-refractivity contribution in [2.45, 2.75) is 46.0 Å². The molecule has 0 aliphatic carbocycles. The smallest absolute Gasteiger partial charge is 0.172 e. The summed E-state index contributed by atoms with van der Waals surface area (Å²) in [6.45, 7) is 4.24. The minimum absolute atomic E-state index is 0.306. The molecule has 14 heavy (non-hydrogen) atoms. The van der Waals surface area contributed by atoms with E-state index in [1.54, 1.807) is 11.3 Å². The van der Waals surface area contributed by atoms with Gasteiger partial charge in [-0.05, 0) is 36.3 Å². The van der Waals surface area contributed by atoms with Crippen LogP contribution in [-0.4, -0.2) is 5.78 Å². The zero-order valence-corrected chi connectivity index (χ0v) is 9.82. The monoisotopic (exact) mass is 210 g/mol. The molecule has 0 saturated carbocycles. The van der Waals surface area contributed by atoms with Gasteiger partial charge in [0.05, 0.1) is 4.88 Å². The highest BCUT2D eigenvalue weighted by atomic mass is 32.1. The van der Waals surface area contributed by atoms with E-state index in [1.165, 1.54) is 18.4 Å². The average Bonchev–Trinajstić information content (AvgIpc) is 2.63. The highest BCUT2D eigenvalue weighted by Crippen LogP contribution is 2.18. The quantitative estimate of drug-likeness (QED) is 0.647. The van der Waals surface area contributed by atoms with Crippen molar-refractivity contribution in [2.24, 2.45) is 0 Å². The first-order valence-electron chi connectivity index (χ1n) is 5.38. The van der Waals surface area contributed by atoms with Crippen molar-refractivity contribution in [1.82, 2.24) is 0 Å². The second-order valence-corrected chi connectivity index (χ2v) is 4.51. The first-order valence-corrected chi connectivity index (χ1v) is 6.26. The molecule has 0 radical (unpaired) electrons. The number of Topliss-reactive ketones (excluding diaryl/α,β-unsaturated/α-hetero) is 1. The Labute approximate surface area is 90.2 Å². The number of unbranched alkanes of at least 4 members (excludes halogenated alkanes) is 1. The molecule has 0 aliphatic rings. The van der Waals surface area contributed by atoms with Gasteiger partial charge in [0.1, 0.15) is 0 Å². The average molecular weight is 210 g/mol. The van der Waals surface area contributed by atoms with Gasteiger partial charge in [-0.1, -0.05) is 20.3 Å². The Morgan fingerprint density at radius 1 is 1.36 bits per heavy atom. The number of ketones is 1. The first kappa shape index (κ1) is 11.4. The normalized spacial score (nSPS) is 10.4. The van der Waals surface area contributed by atoms with E-state index in [0.717, 1.165) is 17.7 Å². The Balaban J connectivity index is 2.54. The summed E-state index contributed by atoms with van der Waals surface area (Å²) in [5.74, 6) is 0.306. The molecule has 0 fully saturated rings. The maximum absolute atomic E-state index is 11.5. The molecule has 0 bridgehead atoms. The van der Waals surface area contributed by atoms with E-state index >= 15 is 0 Å². The van der Waals surface area contributed by atoms with Crippen molar-refractivity contribution in [2.75, 3.05) is 0 Å². The van der Waals surface area contributed by atoms with E-state index in [4.69, 9.17) is 0 Å². The fourth-order valence-electron chi connectivity index (χ4n) is 1.38. The van der Waals surface area contributed by atoms with Gasteiger partial charge < -0.3 is 0 Å². The molecule has 0 N–H and O–H groups in total. The fraction of sp³-hybridized carbons (Fsp3) is 0.583. The Morgan fingerprint density at radius 2 is 2.14 bits per heavy atom. The third-order valence-corrected chi connectivity index (χ3v) is 3.24. The molecule has 1 aromatic rings. The zero-order chi connectivity index (χ0) is 10.4. The van der Waals surface area contributed by atoms with E-state index in [0.29, 0.717) is 12.2 Å². The zero-order valence-electron chi connectivity index (χ0n) is 9.01. The number of rotatable bonds is 6. The van der Waals surface area contributed by atoms with Gasteiger partial charge in [-0.25, -0.2) is 0 Å². The summed E-state index contributed by atoms with van der Waals surface area (Å²) in [4.78, 5) is 12.5. The summed E-state index contributed by atoms with van der Waals surface area (Å²) in [5.41, 5.74) is 1.33. The second-order valence-electron chi connectivity index (χ2n) is 3.60. The Morgan fingerprint density at radius 3 is 2.79 bits per heavy atom. The maximum Gasteiger partial charge on any atom is 0.172 e. The number of aryl methyl sites for hydroxylation is 1. The van der Waals surface area contributed by atoms with E-state index in [-0.39, 0.29) is 0 Å². The summed E-state index contributed by atoms with van der Waals surface area (Å²) in [6.07, 6.45) is 5.19. The second kappa shape index (κ2) is 5.97. The third kappa shape index (κ3) is 3.26. The third-order valence-electron chi connectivity index (χ3n) is 2.22. The van der Waals surface area contributed by atoms with Gasteiger partial charge in [0, 0.05) is 6.42 Å². The minimum atomic E-state index is 0.306. The lowest BCUT2D eigenvalue weighted by atomic mass is 10.1. The van der Waals surface area contributed by atoms with Crippen LogP contribution in [0.4, 0.5) is 0 Å². The fourth-order valence-corrected chi connectivity index (χ4v) is 2.30. The van der Waals surface area contributed by atoms with Crippen LogP contribution >= 0.6 is 11.3 Å². The molecule has 1 rings (SSSR count). The Hall–Kier alpha value is -0.630. The number of carbonyl (C=O) groups is 1. The van der Waals surface area contributed by atoms with Crippen LogP contribution in [0.1, 0.15) is 54.8 Å². The van der Waals surface area contributed by atoms with E-state index < -0.39 is 0 Å². The van der Waals surface area contributed by atoms with Gasteiger partial charge in [-0.2, -0.15) is 0 Å². The van der Waals surface area contributed by atoms with Crippen molar-refractivity contribution < 1.29 is 4.79 Å². The molecular weight excluding hydrogens is 192 g/mol. The van der Waals surface area contributed by atoms with E-state index in [9.17, 15) is 4.79 Å². The van der Waals surface area contributed by atoms with Gasteiger partial charge >= 0.3 is 0 Å². The van der Waals surface area contributed by atoms with Crippen molar-refractivity contribution in [3.63, 3.8) is 0 Å². The summed E-state index contributed by atoms with van der Waals surface area (Å²) < 4.78 is 0. The number of hydrogen-bond donors (Lipinski definition) is 0. The van der Waals surface area contributed by atoms with Gasteiger partial charge in [-0.15, -0.1) is 11.3 Å². The van der Waals surface area contributed by atoms with Crippen LogP contribution in [0.25, 0.3) is 0 Å². The molecule has 1 heterocycles. The highest BCUT2D eigenvalue weighted by Gasteiger charge is 2.07. The molecule has 2 heteroatoms. The lowest BCUT2D eigenvalue weighted by molar-refractivity contribution is 0.0985. The van der Waals surface area contributed by atoms with Crippen LogP contribution in [0.3, 0.4) is 0 Å². The first-order chi connectivity index (χ1) is 6.77. The van der Waals surface area contributed by atoms with Gasteiger partial charge in [-0.3, -0.25) is 4.79 Å². The van der Waals surface area contributed by atoms with E-state index in [2.05, 4.69) is 18.4 Å². The molecule has 0 unspecified atom stereocenters. The molecule has 1 nitrogen and oxygen atoms in total. The highest BCUT2D eigenvalue weighted by molar-refractivity contribution is 7.12. The standard InChI is InChI=1S/C12H18OS/c1-3-5-7-10-8-12(14-9-10)11(13)6-4-2/h8-9H,3-7H2,1-2H3. The predicted molar refractivity (Wildman–Crippen MR) is 62.2 cm³/mol. The molecule has 0 spiro atoms. The van der Waals surface area contributed by atoms with Crippen LogP contribution in [-0.2, 0) is 6.42 Å². The number of thiophene rings is 1. The predicted octanol–water partition coefficient (Wildman–Crippen LogP) is 4.07. The van der Waals surface area contributed by atoms with Crippen LogP contribution in [0.5, 0.6) is 0 Å². The summed E-state index contributed by atoms with van der Waals surface area (Å²) in [7, 11) is 0. The SMILES string of the molecule is CCCCc1csc(C(=O)CCC)c1. The number of carbonyl (C=O) groups excluding carboxylic acids is 1. The molecule has 0 aliphatic heterocycles. The van der Waals surface area contributed by atoms with Gasteiger partial charge in [0.25, 0.3) is 0 Å². The maximum atomic E-state index is 11.5. The van der Waals surface area contributed by atoms with Gasteiger partial charge in [0.2, 0.25) is 0 Å².